The number of phenolic OH excluding ortho intramolecular Hbond substituents is 1. The van der Waals surface area contributed by atoms with Gasteiger partial charge in [-0.1, -0.05) is 28.1 Å². The lowest BCUT2D eigenvalue weighted by atomic mass is 10.2. The van der Waals surface area contributed by atoms with Gasteiger partial charge in [-0.05, 0) is 42.8 Å². The van der Waals surface area contributed by atoms with Crippen LogP contribution in [-0.2, 0) is 4.74 Å². The van der Waals surface area contributed by atoms with Gasteiger partial charge >= 0.3 is 5.97 Å². The number of ether oxygens (including phenoxy) is 2. The third kappa shape index (κ3) is 4.49. The minimum Gasteiger partial charge on any atom is -0.507 e. The number of hydrogen-bond donors (Lipinski definition) is 1. The molecule has 0 saturated heterocycles. The van der Waals surface area contributed by atoms with Crippen molar-refractivity contribution in [3.63, 3.8) is 0 Å². The second-order valence-corrected chi connectivity index (χ2v) is 5.38. The van der Waals surface area contributed by atoms with Gasteiger partial charge in [-0.3, -0.25) is 0 Å². The fraction of sp³-hybridized carbons (Fsp3) is 0.188. The minimum absolute atomic E-state index is 0.109. The summed E-state index contributed by atoms with van der Waals surface area (Å²) in [6.45, 7) is 2.34. The molecule has 0 saturated carbocycles. The number of aromatic hydroxyl groups is 1. The Balaban J connectivity index is 1.83. The summed E-state index contributed by atoms with van der Waals surface area (Å²) in [5, 5.41) is 9.62. The molecule has 5 heteroatoms. The van der Waals surface area contributed by atoms with Gasteiger partial charge in [-0.25, -0.2) is 4.79 Å². The molecule has 0 aliphatic rings. The van der Waals surface area contributed by atoms with Gasteiger partial charge in [-0.2, -0.15) is 0 Å². The van der Waals surface area contributed by atoms with Crippen molar-refractivity contribution in [1.29, 1.82) is 0 Å². The van der Waals surface area contributed by atoms with Crippen LogP contribution in [0, 0.1) is 6.92 Å². The molecule has 2 rings (SSSR count). The van der Waals surface area contributed by atoms with Crippen LogP contribution in [0.4, 0.5) is 0 Å². The molecule has 0 amide bonds. The zero-order valence-electron chi connectivity index (χ0n) is 11.5. The van der Waals surface area contributed by atoms with Crippen molar-refractivity contribution in [3.8, 4) is 11.5 Å². The van der Waals surface area contributed by atoms with Gasteiger partial charge in [0, 0.05) is 4.47 Å². The summed E-state index contributed by atoms with van der Waals surface area (Å²) < 4.78 is 11.2. The SMILES string of the molecule is Cc1cccc(OCCOC(=O)c2cc(Br)ccc2O)c1. The second-order valence-electron chi connectivity index (χ2n) is 4.46. The van der Waals surface area contributed by atoms with E-state index in [0.29, 0.717) is 4.47 Å². The summed E-state index contributed by atoms with van der Waals surface area (Å²) in [6.07, 6.45) is 0. The van der Waals surface area contributed by atoms with Gasteiger partial charge in [0.05, 0.1) is 0 Å². The summed E-state index contributed by atoms with van der Waals surface area (Å²) in [6, 6.07) is 12.2. The average Bonchev–Trinajstić information content (AvgIpc) is 2.46. The predicted octanol–water partition coefficient (Wildman–Crippen LogP) is 3.70. The lowest BCUT2D eigenvalue weighted by Crippen LogP contribution is -2.12. The molecule has 0 radical (unpaired) electrons. The third-order valence-corrected chi connectivity index (χ3v) is 3.25. The Hall–Kier alpha value is -2.01. The van der Waals surface area contributed by atoms with Crippen LogP contribution < -0.4 is 4.74 Å². The van der Waals surface area contributed by atoms with Crippen LogP contribution in [0.1, 0.15) is 15.9 Å². The molecule has 0 aliphatic heterocycles. The Bertz CT molecular complexity index is 640. The van der Waals surface area contributed by atoms with E-state index in [1.165, 1.54) is 12.1 Å². The number of halogens is 1. The second kappa shape index (κ2) is 7.13. The first-order chi connectivity index (χ1) is 10.1. The van der Waals surface area contributed by atoms with E-state index in [-0.39, 0.29) is 24.5 Å². The molecule has 21 heavy (non-hydrogen) atoms. The lowest BCUT2D eigenvalue weighted by molar-refractivity contribution is 0.0447. The fourth-order valence-electron chi connectivity index (χ4n) is 1.75. The van der Waals surface area contributed by atoms with Crippen LogP contribution >= 0.6 is 15.9 Å². The van der Waals surface area contributed by atoms with Crippen molar-refractivity contribution in [1.82, 2.24) is 0 Å². The molecule has 0 aromatic heterocycles. The Morgan fingerprint density at radius 3 is 2.76 bits per heavy atom. The number of benzene rings is 2. The zero-order chi connectivity index (χ0) is 15.2. The number of phenols is 1. The molecule has 2 aromatic carbocycles. The van der Waals surface area contributed by atoms with Crippen molar-refractivity contribution < 1.29 is 19.4 Å². The number of rotatable bonds is 5. The molecular formula is C16H15BrO4. The van der Waals surface area contributed by atoms with Crippen LogP contribution in [-0.4, -0.2) is 24.3 Å². The molecule has 0 atom stereocenters. The van der Waals surface area contributed by atoms with Gasteiger partial charge in [0.1, 0.15) is 30.3 Å². The first kappa shape index (κ1) is 15.4. The standard InChI is InChI=1S/C16H15BrO4/c1-11-3-2-4-13(9-11)20-7-8-21-16(19)14-10-12(17)5-6-15(14)18/h2-6,9-10,18H,7-8H2,1H3. The van der Waals surface area contributed by atoms with E-state index in [4.69, 9.17) is 9.47 Å². The smallest absolute Gasteiger partial charge is 0.342 e. The molecule has 0 unspecified atom stereocenters. The highest BCUT2D eigenvalue weighted by molar-refractivity contribution is 9.10. The van der Waals surface area contributed by atoms with E-state index in [2.05, 4.69) is 15.9 Å². The molecule has 0 fully saturated rings. The first-order valence-electron chi connectivity index (χ1n) is 6.41. The van der Waals surface area contributed by atoms with E-state index in [9.17, 15) is 9.90 Å². The number of aryl methyl sites for hydroxylation is 1. The summed E-state index contributed by atoms with van der Waals surface area (Å²) in [4.78, 5) is 11.8. The Kier molecular flexibility index (Phi) is 5.22. The van der Waals surface area contributed by atoms with Crippen LogP contribution in [0.5, 0.6) is 11.5 Å². The van der Waals surface area contributed by atoms with E-state index < -0.39 is 5.97 Å². The molecular weight excluding hydrogens is 336 g/mol. The van der Waals surface area contributed by atoms with Crippen LogP contribution in [0.15, 0.2) is 46.9 Å². The molecule has 0 spiro atoms. The average molecular weight is 351 g/mol. The number of carbonyl (C=O) groups is 1. The van der Waals surface area contributed by atoms with Crippen molar-refractivity contribution in [2.24, 2.45) is 0 Å². The van der Waals surface area contributed by atoms with Crippen LogP contribution in [0.2, 0.25) is 0 Å². The quantitative estimate of drug-likeness (QED) is 0.659. The van der Waals surface area contributed by atoms with Crippen molar-refractivity contribution >= 4 is 21.9 Å². The van der Waals surface area contributed by atoms with Crippen molar-refractivity contribution in [3.05, 3.63) is 58.1 Å². The summed E-state index contributed by atoms with van der Waals surface area (Å²) >= 11 is 3.24. The van der Waals surface area contributed by atoms with Gasteiger partial charge < -0.3 is 14.6 Å². The molecule has 0 aliphatic carbocycles. The predicted molar refractivity (Wildman–Crippen MR) is 82.8 cm³/mol. The van der Waals surface area contributed by atoms with Gasteiger partial charge in [0.2, 0.25) is 0 Å². The minimum atomic E-state index is -0.582. The number of hydrogen-bond acceptors (Lipinski definition) is 4. The molecule has 1 N–H and O–H groups in total. The Labute approximate surface area is 131 Å². The Morgan fingerprint density at radius 2 is 2.00 bits per heavy atom. The zero-order valence-corrected chi connectivity index (χ0v) is 13.1. The summed E-state index contributed by atoms with van der Waals surface area (Å²) in [5.74, 6) is 0.0424. The maximum Gasteiger partial charge on any atom is 0.342 e. The van der Waals surface area contributed by atoms with Crippen molar-refractivity contribution in [2.75, 3.05) is 13.2 Å². The highest BCUT2D eigenvalue weighted by Crippen LogP contribution is 2.22. The Morgan fingerprint density at radius 1 is 1.19 bits per heavy atom. The van der Waals surface area contributed by atoms with Crippen LogP contribution in [0.3, 0.4) is 0 Å². The fourth-order valence-corrected chi connectivity index (χ4v) is 2.11. The largest absolute Gasteiger partial charge is 0.507 e. The van der Waals surface area contributed by atoms with E-state index in [0.717, 1.165) is 11.3 Å². The van der Waals surface area contributed by atoms with Crippen LogP contribution in [0.25, 0.3) is 0 Å². The van der Waals surface area contributed by atoms with Gasteiger partial charge in [-0.15, -0.1) is 0 Å². The normalized spacial score (nSPS) is 10.2. The molecule has 0 bridgehead atoms. The van der Waals surface area contributed by atoms with Gasteiger partial charge in [0.15, 0.2) is 0 Å². The van der Waals surface area contributed by atoms with E-state index in [1.54, 1.807) is 6.07 Å². The molecule has 4 nitrogen and oxygen atoms in total. The maximum atomic E-state index is 11.8. The highest BCUT2D eigenvalue weighted by atomic mass is 79.9. The maximum absolute atomic E-state index is 11.8. The van der Waals surface area contributed by atoms with E-state index in [1.807, 2.05) is 31.2 Å². The van der Waals surface area contributed by atoms with Gasteiger partial charge in [0.25, 0.3) is 0 Å². The number of carbonyl (C=O) groups excluding carboxylic acids is 1. The topological polar surface area (TPSA) is 55.8 Å². The highest BCUT2D eigenvalue weighted by Gasteiger charge is 2.12. The summed E-state index contributed by atoms with van der Waals surface area (Å²) in [7, 11) is 0. The number of esters is 1. The van der Waals surface area contributed by atoms with Crippen molar-refractivity contribution in [2.45, 2.75) is 6.92 Å². The summed E-state index contributed by atoms with van der Waals surface area (Å²) in [5.41, 5.74) is 1.23. The first-order valence-corrected chi connectivity index (χ1v) is 7.20. The molecule has 110 valence electrons. The molecule has 2 aromatic rings. The third-order valence-electron chi connectivity index (χ3n) is 2.75. The lowest BCUT2D eigenvalue weighted by Gasteiger charge is -2.09. The van der Waals surface area contributed by atoms with E-state index >= 15 is 0 Å². The monoisotopic (exact) mass is 350 g/mol. The molecule has 0 heterocycles.